The Labute approximate surface area is 57.9 Å². The third-order valence-electron chi connectivity index (χ3n) is 0.669. The van der Waals surface area contributed by atoms with Crippen molar-refractivity contribution in [1.82, 2.24) is 0 Å². The molecule has 2 nitrogen and oxygen atoms in total. The molecule has 7 heteroatoms. The van der Waals surface area contributed by atoms with Crippen LogP contribution in [-0.2, 0) is 9.53 Å². The van der Waals surface area contributed by atoms with Gasteiger partial charge in [0.2, 0.25) is 0 Å². The number of rotatable bonds is 3. The zero-order valence-corrected chi connectivity index (χ0v) is 4.99. The Balaban J connectivity index is 3.99. The van der Waals surface area contributed by atoms with E-state index in [1.54, 1.807) is 0 Å². The molecule has 0 radical (unpaired) electrons. The molecular formula is C4H3F5O2. The van der Waals surface area contributed by atoms with Gasteiger partial charge in [-0.3, -0.25) is 9.53 Å². The van der Waals surface area contributed by atoms with Crippen molar-refractivity contribution in [3.8, 4) is 0 Å². The molecule has 1 unspecified atom stereocenters. The lowest BCUT2D eigenvalue weighted by atomic mass is 10.4. The Bertz CT molecular complexity index is 142. The summed E-state index contributed by atoms with van der Waals surface area (Å²) in [5.41, 5.74) is 0. The van der Waals surface area contributed by atoms with E-state index in [4.69, 9.17) is 0 Å². The molecule has 0 aliphatic rings. The zero-order chi connectivity index (χ0) is 9.07. The van der Waals surface area contributed by atoms with Gasteiger partial charge in [-0.2, -0.15) is 4.39 Å². The van der Waals surface area contributed by atoms with Crippen molar-refractivity contribution in [1.29, 1.82) is 0 Å². The van der Waals surface area contributed by atoms with E-state index in [-0.39, 0.29) is 0 Å². The van der Waals surface area contributed by atoms with Crippen molar-refractivity contribution in [2.75, 3.05) is 6.67 Å². The fourth-order valence-corrected chi connectivity index (χ4v) is 0.300. The first kappa shape index (κ1) is 10.3. The lowest BCUT2D eigenvalue weighted by Gasteiger charge is -2.10. The highest BCUT2D eigenvalue weighted by atomic mass is 19.4. The van der Waals surface area contributed by atoms with Crippen molar-refractivity contribution in [3.05, 3.63) is 0 Å². The summed E-state index contributed by atoms with van der Waals surface area (Å²) >= 11 is 0. The van der Waals surface area contributed by atoms with Crippen molar-refractivity contribution in [2.45, 2.75) is 12.5 Å². The Morgan fingerprint density at radius 2 is 1.91 bits per heavy atom. The first-order chi connectivity index (χ1) is 4.87. The van der Waals surface area contributed by atoms with Crippen molar-refractivity contribution in [3.63, 3.8) is 0 Å². The molecule has 1 atom stereocenters. The first-order valence-corrected chi connectivity index (χ1v) is 2.36. The zero-order valence-electron chi connectivity index (χ0n) is 4.99. The van der Waals surface area contributed by atoms with Gasteiger partial charge in [-0.05, 0) is 0 Å². The fraction of sp³-hybridized carbons (Fsp3) is 0.750. The smallest absolute Gasteiger partial charge is 0.275 e. The van der Waals surface area contributed by atoms with Gasteiger partial charge >= 0.3 is 12.4 Å². The average Bonchev–Trinajstić information content (AvgIpc) is 1.80. The van der Waals surface area contributed by atoms with Crippen LogP contribution in [-0.4, -0.2) is 25.2 Å². The topological polar surface area (TPSA) is 26.3 Å². The summed E-state index contributed by atoms with van der Waals surface area (Å²) in [4.78, 5) is 9.52. The lowest BCUT2D eigenvalue weighted by Crippen LogP contribution is -2.30. The monoisotopic (exact) mass is 178 g/mol. The van der Waals surface area contributed by atoms with E-state index in [1.165, 1.54) is 0 Å². The molecule has 0 aromatic carbocycles. The molecule has 0 bridgehead atoms. The van der Waals surface area contributed by atoms with Crippen molar-refractivity contribution < 1.29 is 31.5 Å². The molecule has 0 amide bonds. The molecular weight excluding hydrogens is 175 g/mol. The Hall–Kier alpha value is -0.720. The van der Waals surface area contributed by atoms with E-state index >= 15 is 0 Å². The lowest BCUT2D eigenvalue weighted by molar-refractivity contribution is -0.339. The number of carbonyl (C=O) groups excluding carboxylic acids is 1. The molecule has 0 saturated heterocycles. The molecule has 11 heavy (non-hydrogen) atoms. The van der Waals surface area contributed by atoms with Crippen LogP contribution < -0.4 is 0 Å². The molecule has 0 aromatic rings. The highest BCUT2D eigenvalue weighted by Crippen LogP contribution is 2.19. The van der Waals surface area contributed by atoms with E-state index in [1.807, 2.05) is 0 Å². The average molecular weight is 178 g/mol. The maximum atomic E-state index is 11.4. The largest absolute Gasteiger partial charge is 0.523 e. The SMILES string of the molecule is O=C(F)C(CF)OC(F)(F)F. The summed E-state index contributed by atoms with van der Waals surface area (Å²) in [7, 11) is 0. The van der Waals surface area contributed by atoms with Crippen LogP contribution in [0.2, 0.25) is 0 Å². The second kappa shape index (κ2) is 3.61. The van der Waals surface area contributed by atoms with Crippen LogP contribution in [0.5, 0.6) is 0 Å². The van der Waals surface area contributed by atoms with E-state index in [0.29, 0.717) is 0 Å². The standard InChI is InChI=1S/C4H3F5O2/c5-1-2(3(6)10)11-4(7,8)9/h2H,1H2. The summed E-state index contributed by atoms with van der Waals surface area (Å²) in [5, 5.41) is 0. The minimum absolute atomic E-state index is 1.84. The maximum Gasteiger partial charge on any atom is 0.523 e. The summed E-state index contributed by atoms with van der Waals surface area (Å²) in [6.07, 6.45) is -7.88. The van der Waals surface area contributed by atoms with E-state index in [9.17, 15) is 26.7 Å². The van der Waals surface area contributed by atoms with E-state index in [2.05, 4.69) is 4.74 Å². The summed E-state index contributed by atoms with van der Waals surface area (Å²) in [6.45, 7) is -1.84. The van der Waals surface area contributed by atoms with Crippen LogP contribution in [0.3, 0.4) is 0 Å². The van der Waals surface area contributed by atoms with Gasteiger partial charge < -0.3 is 0 Å². The highest BCUT2D eigenvalue weighted by molar-refractivity contribution is 5.73. The van der Waals surface area contributed by atoms with Gasteiger partial charge in [0.25, 0.3) is 0 Å². The Morgan fingerprint density at radius 3 is 2.00 bits per heavy atom. The van der Waals surface area contributed by atoms with Crippen LogP contribution in [0.1, 0.15) is 0 Å². The number of hydrogen-bond acceptors (Lipinski definition) is 2. The van der Waals surface area contributed by atoms with Crippen LogP contribution in [0, 0.1) is 0 Å². The second-order valence-corrected chi connectivity index (χ2v) is 1.51. The number of hydrogen-bond donors (Lipinski definition) is 0. The van der Waals surface area contributed by atoms with Gasteiger partial charge in [0.15, 0.2) is 6.10 Å². The molecule has 0 fully saturated rings. The summed E-state index contributed by atoms with van der Waals surface area (Å²) in [6, 6.07) is -2.48. The van der Waals surface area contributed by atoms with Gasteiger partial charge in [0.05, 0.1) is 0 Å². The predicted molar refractivity (Wildman–Crippen MR) is 23.0 cm³/mol. The molecule has 0 aromatic heterocycles. The third kappa shape index (κ3) is 4.65. The molecule has 0 aliphatic heterocycles. The normalized spacial score (nSPS) is 14.6. The molecule has 66 valence electrons. The fourth-order valence-electron chi connectivity index (χ4n) is 0.300. The molecule has 0 N–H and O–H groups in total. The molecule has 0 rings (SSSR count). The summed E-state index contributed by atoms with van der Waals surface area (Å²) in [5.74, 6) is 0. The van der Waals surface area contributed by atoms with Crippen LogP contribution in [0.4, 0.5) is 22.0 Å². The first-order valence-electron chi connectivity index (χ1n) is 2.36. The number of alkyl halides is 4. The number of halogens is 5. The van der Waals surface area contributed by atoms with Crippen molar-refractivity contribution in [2.24, 2.45) is 0 Å². The Morgan fingerprint density at radius 1 is 1.45 bits per heavy atom. The van der Waals surface area contributed by atoms with E-state index in [0.717, 1.165) is 0 Å². The quantitative estimate of drug-likeness (QED) is 0.481. The van der Waals surface area contributed by atoms with Gasteiger partial charge in [0.1, 0.15) is 6.67 Å². The molecule has 0 saturated carbocycles. The van der Waals surface area contributed by atoms with Crippen molar-refractivity contribution >= 4 is 6.04 Å². The molecule has 0 heterocycles. The summed E-state index contributed by atoms with van der Waals surface area (Å²) < 4.78 is 58.9. The Kier molecular flexibility index (Phi) is 3.37. The number of ether oxygens (including phenoxy) is 1. The molecule has 0 aliphatic carbocycles. The highest BCUT2D eigenvalue weighted by Gasteiger charge is 2.36. The second-order valence-electron chi connectivity index (χ2n) is 1.51. The predicted octanol–water partition coefficient (Wildman–Crippen LogP) is 1.36. The minimum Gasteiger partial charge on any atom is -0.275 e. The maximum absolute atomic E-state index is 11.4. The van der Waals surface area contributed by atoms with Crippen LogP contribution in [0.15, 0.2) is 0 Å². The van der Waals surface area contributed by atoms with Gasteiger partial charge in [-0.1, -0.05) is 0 Å². The minimum atomic E-state index is -5.20. The third-order valence-corrected chi connectivity index (χ3v) is 0.669. The van der Waals surface area contributed by atoms with Crippen LogP contribution in [0.25, 0.3) is 0 Å². The number of carbonyl (C=O) groups is 1. The van der Waals surface area contributed by atoms with E-state index < -0.39 is 25.2 Å². The molecule has 0 spiro atoms. The van der Waals surface area contributed by atoms with Gasteiger partial charge in [0, 0.05) is 0 Å². The van der Waals surface area contributed by atoms with Crippen LogP contribution >= 0.6 is 0 Å². The van der Waals surface area contributed by atoms with Gasteiger partial charge in [-0.15, -0.1) is 13.2 Å². The van der Waals surface area contributed by atoms with Gasteiger partial charge in [-0.25, -0.2) is 4.39 Å².